The third-order valence-electron chi connectivity index (χ3n) is 4.41. The van der Waals surface area contributed by atoms with Gasteiger partial charge in [-0.25, -0.2) is 0 Å². The summed E-state index contributed by atoms with van der Waals surface area (Å²) in [6.45, 7) is 0.288. The summed E-state index contributed by atoms with van der Waals surface area (Å²) in [5.74, 6) is -1.88. The molecule has 10 heteroatoms. The van der Waals surface area contributed by atoms with E-state index in [9.17, 15) is 18.0 Å². The summed E-state index contributed by atoms with van der Waals surface area (Å²) in [7, 11) is 0. The number of hydrogen-bond donors (Lipinski definition) is 2. The van der Waals surface area contributed by atoms with Gasteiger partial charge in [0.2, 0.25) is 5.82 Å². The van der Waals surface area contributed by atoms with Gasteiger partial charge in [-0.1, -0.05) is 35.5 Å². The molecule has 0 aliphatic rings. The van der Waals surface area contributed by atoms with E-state index in [2.05, 4.69) is 30.3 Å². The van der Waals surface area contributed by atoms with Crippen molar-refractivity contribution in [3.05, 3.63) is 90.1 Å². The Morgan fingerprint density at radius 2 is 1.72 bits per heavy atom. The molecule has 2 aromatic heterocycles. The Morgan fingerprint density at radius 3 is 2.41 bits per heavy atom. The predicted octanol–water partition coefficient (Wildman–Crippen LogP) is 5.01. The molecule has 4 rings (SSSR count). The Bertz CT molecular complexity index is 1210. The Morgan fingerprint density at radius 1 is 0.969 bits per heavy atom. The van der Waals surface area contributed by atoms with E-state index >= 15 is 0 Å². The summed E-state index contributed by atoms with van der Waals surface area (Å²) in [5, 5.41) is 9.33. The highest BCUT2D eigenvalue weighted by molar-refractivity contribution is 6.08. The number of carbonyl (C=O) groups is 1. The zero-order valence-electron chi connectivity index (χ0n) is 16.4. The number of rotatable bonds is 6. The molecule has 2 heterocycles. The number of nitrogens with zero attached hydrogens (tertiary/aromatic N) is 3. The van der Waals surface area contributed by atoms with E-state index in [0.29, 0.717) is 22.6 Å². The highest BCUT2D eigenvalue weighted by Gasteiger charge is 2.38. The van der Waals surface area contributed by atoms with Crippen molar-refractivity contribution in [3.63, 3.8) is 0 Å². The number of pyridine rings is 1. The summed E-state index contributed by atoms with van der Waals surface area (Å²) in [4.78, 5) is 20.2. The highest BCUT2D eigenvalue weighted by Crippen LogP contribution is 2.29. The largest absolute Gasteiger partial charge is 0.471 e. The third-order valence-corrected chi connectivity index (χ3v) is 4.41. The lowest BCUT2D eigenvalue weighted by molar-refractivity contribution is -0.159. The number of anilines is 2. The summed E-state index contributed by atoms with van der Waals surface area (Å²) in [6.07, 6.45) is -3.35. The molecule has 0 aliphatic heterocycles. The van der Waals surface area contributed by atoms with Crippen molar-refractivity contribution in [2.45, 2.75) is 12.7 Å². The first-order valence-electron chi connectivity index (χ1n) is 9.45. The molecule has 4 aromatic rings. The van der Waals surface area contributed by atoms with Gasteiger partial charge in [0, 0.05) is 23.1 Å². The van der Waals surface area contributed by atoms with Crippen LogP contribution in [-0.4, -0.2) is 21.0 Å². The van der Waals surface area contributed by atoms with Crippen LogP contribution in [0.2, 0.25) is 0 Å². The maximum absolute atomic E-state index is 12.7. The SMILES string of the molecule is O=C(Nc1ccccc1)c1ccccc1NCc1ccc(-c2noc(C(F)(F)F)n2)cn1. The Kier molecular flexibility index (Phi) is 5.84. The van der Waals surface area contributed by atoms with Crippen molar-refractivity contribution in [1.29, 1.82) is 0 Å². The lowest BCUT2D eigenvalue weighted by atomic mass is 10.1. The van der Waals surface area contributed by atoms with Gasteiger partial charge in [-0.15, -0.1) is 0 Å². The average molecular weight is 439 g/mol. The predicted molar refractivity (Wildman–Crippen MR) is 111 cm³/mol. The Hall–Kier alpha value is -4.21. The van der Waals surface area contributed by atoms with Crippen LogP contribution < -0.4 is 10.6 Å². The minimum Gasteiger partial charge on any atom is -0.379 e. The van der Waals surface area contributed by atoms with E-state index < -0.39 is 12.1 Å². The molecule has 0 unspecified atom stereocenters. The number of carbonyl (C=O) groups excluding carboxylic acids is 1. The number of aromatic nitrogens is 3. The quantitative estimate of drug-likeness (QED) is 0.439. The first-order chi connectivity index (χ1) is 15.4. The van der Waals surface area contributed by atoms with Gasteiger partial charge in [0.15, 0.2) is 0 Å². The number of hydrogen-bond acceptors (Lipinski definition) is 6. The maximum Gasteiger partial charge on any atom is 0.471 e. The van der Waals surface area contributed by atoms with Gasteiger partial charge in [-0.3, -0.25) is 9.78 Å². The molecule has 0 saturated carbocycles. The standard InChI is InChI=1S/C22H16F3N5O2/c23-22(24,25)21-29-19(30-32-21)14-10-11-16(26-12-14)13-27-18-9-5-4-8-17(18)20(31)28-15-6-2-1-3-7-15/h1-12,27H,13H2,(H,28,31). The second-order valence-electron chi connectivity index (χ2n) is 6.68. The molecule has 2 aromatic carbocycles. The summed E-state index contributed by atoms with van der Waals surface area (Å²) in [5.41, 5.74) is 2.64. The average Bonchev–Trinajstić information content (AvgIpc) is 3.30. The monoisotopic (exact) mass is 439 g/mol. The zero-order chi connectivity index (χ0) is 22.6. The third kappa shape index (κ3) is 4.91. The second-order valence-corrected chi connectivity index (χ2v) is 6.68. The van der Waals surface area contributed by atoms with E-state index in [4.69, 9.17) is 0 Å². The molecule has 0 bridgehead atoms. The highest BCUT2D eigenvalue weighted by atomic mass is 19.4. The Balaban J connectivity index is 1.43. The van der Waals surface area contributed by atoms with Crippen molar-refractivity contribution >= 4 is 17.3 Å². The minimum absolute atomic E-state index is 0.202. The van der Waals surface area contributed by atoms with Crippen LogP contribution in [-0.2, 0) is 12.7 Å². The van der Waals surface area contributed by atoms with Gasteiger partial charge in [0.05, 0.1) is 17.8 Å². The zero-order valence-corrected chi connectivity index (χ0v) is 16.4. The van der Waals surface area contributed by atoms with Gasteiger partial charge in [-0.05, 0) is 36.4 Å². The molecule has 0 spiro atoms. The van der Waals surface area contributed by atoms with Crippen LogP contribution in [0, 0.1) is 0 Å². The normalized spacial score (nSPS) is 11.2. The first-order valence-corrected chi connectivity index (χ1v) is 9.45. The van der Waals surface area contributed by atoms with Crippen LogP contribution in [0.1, 0.15) is 21.9 Å². The molecule has 0 saturated heterocycles. The van der Waals surface area contributed by atoms with Crippen LogP contribution in [0.5, 0.6) is 0 Å². The van der Waals surface area contributed by atoms with Crippen molar-refractivity contribution < 1.29 is 22.5 Å². The van der Waals surface area contributed by atoms with E-state index in [1.807, 2.05) is 18.2 Å². The lowest BCUT2D eigenvalue weighted by Gasteiger charge is -2.12. The van der Waals surface area contributed by atoms with Crippen molar-refractivity contribution in [3.8, 4) is 11.4 Å². The van der Waals surface area contributed by atoms with E-state index in [1.54, 1.807) is 48.5 Å². The fourth-order valence-corrected chi connectivity index (χ4v) is 2.86. The number of halogens is 3. The van der Waals surface area contributed by atoms with E-state index in [-0.39, 0.29) is 23.8 Å². The minimum atomic E-state index is -4.71. The second kappa shape index (κ2) is 8.88. The van der Waals surface area contributed by atoms with Crippen molar-refractivity contribution in [1.82, 2.24) is 15.1 Å². The number of benzene rings is 2. The molecule has 0 aliphatic carbocycles. The van der Waals surface area contributed by atoms with Gasteiger partial charge >= 0.3 is 12.1 Å². The number of amides is 1. The summed E-state index contributed by atoms with van der Waals surface area (Å²) >= 11 is 0. The molecule has 7 nitrogen and oxygen atoms in total. The van der Waals surface area contributed by atoms with Crippen molar-refractivity contribution in [2.24, 2.45) is 0 Å². The smallest absolute Gasteiger partial charge is 0.379 e. The van der Waals surface area contributed by atoms with Crippen LogP contribution in [0.15, 0.2) is 77.4 Å². The molecule has 0 radical (unpaired) electrons. The number of nitrogens with one attached hydrogen (secondary N) is 2. The van der Waals surface area contributed by atoms with Crippen LogP contribution in [0.25, 0.3) is 11.4 Å². The van der Waals surface area contributed by atoms with Crippen LogP contribution >= 0.6 is 0 Å². The molecular formula is C22H16F3N5O2. The summed E-state index contributed by atoms with van der Waals surface area (Å²) < 4.78 is 42.0. The van der Waals surface area contributed by atoms with Crippen LogP contribution in [0.3, 0.4) is 0 Å². The van der Waals surface area contributed by atoms with E-state index in [0.717, 1.165) is 0 Å². The van der Waals surface area contributed by atoms with Gasteiger partial charge in [0.25, 0.3) is 5.91 Å². The first kappa shape index (κ1) is 21.0. The topological polar surface area (TPSA) is 92.9 Å². The Labute approximate surface area is 180 Å². The molecule has 1 amide bonds. The van der Waals surface area contributed by atoms with Gasteiger partial charge < -0.3 is 15.2 Å². The van der Waals surface area contributed by atoms with E-state index in [1.165, 1.54) is 6.20 Å². The van der Waals surface area contributed by atoms with Gasteiger partial charge in [-0.2, -0.15) is 18.2 Å². The fraction of sp³-hybridized carbons (Fsp3) is 0.0909. The maximum atomic E-state index is 12.7. The van der Waals surface area contributed by atoms with Crippen LogP contribution in [0.4, 0.5) is 24.5 Å². The fourth-order valence-electron chi connectivity index (χ4n) is 2.86. The molecule has 0 fully saturated rings. The molecule has 0 atom stereocenters. The molecule has 2 N–H and O–H groups in total. The van der Waals surface area contributed by atoms with Gasteiger partial charge in [0.1, 0.15) is 0 Å². The molecule has 162 valence electrons. The number of para-hydroxylation sites is 2. The lowest BCUT2D eigenvalue weighted by Crippen LogP contribution is -2.15. The number of alkyl halides is 3. The van der Waals surface area contributed by atoms with Crippen molar-refractivity contribution in [2.75, 3.05) is 10.6 Å². The summed E-state index contributed by atoms with van der Waals surface area (Å²) in [6, 6.07) is 19.3. The molecule has 32 heavy (non-hydrogen) atoms. The molecular weight excluding hydrogens is 423 g/mol.